The Bertz CT molecular complexity index is 695. The predicted molar refractivity (Wildman–Crippen MR) is 81.6 cm³/mol. The standard InChI is InChI=1S/C16H17N3O2/c1-11-8-19(9-12(10-20)21-11)15-6-5-14(17-2)16-13(15)4-3-7-18-16/h3-7,11-12,20H,8-10H2,1H3/t11-,12-/m1/s1. The molecule has 0 bridgehead atoms. The fourth-order valence-corrected chi connectivity index (χ4v) is 2.85. The minimum atomic E-state index is -0.180. The number of ether oxygens (including phenoxy) is 1. The van der Waals surface area contributed by atoms with E-state index in [0.717, 1.165) is 23.1 Å². The molecule has 2 aromatic rings. The first kappa shape index (κ1) is 13.8. The maximum absolute atomic E-state index is 9.37. The average Bonchev–Trinajstić information content (AvgIpc) is 2.53. The molecule has 5 heteroatoms. The Kier molecular flexibility index (Phi) is 3.74. The van der Waals surface area contributed by atoms with Gasteiger partial charge in [0.15, 0.2) is 0 Å². The van der Waals surface area contributed by atoms with Crippen LogP contribution in [0.2, 0.25) is 0 Å². The molecule has 1 aromatic heterocycles. The molecule has 1 N–H and O–H groups in total. The Labute approximate surface area is 123 Å². The average molecular weight is 283 g/mol. The molecule has 0 spiro atoms. The molecule has 1 aliphatic heterocycles. The van der Waals surface area contributed by atoms with Gasteiger partial charge >= 0.3 is 0 Å². The number of rotatable bonds is 2. The van der Waals surface area contributed by atoms with Crippen molar-refractivity contribution in [1.29, 1.82) is 0 Å². The van der Waals surface area contributed by atoms with Crippen LogP contribution in [0.15, 0.2) is 30.5 Å². The van der Waals surface area contributed by atoms with Crippen LogP contribution >= 0.6 is 0 Å². The lowest BCUT2D eigenvalue weighted by atomic mass is 10.1. The van der Waals surface area contributed by atoms with Crippen molar-refractivity contribution in [1.82, 2.24) is 4.98 Å². The number of nitrogens with zero attached hydrogens (tertiary/aromatic N) is 3. The highest BCUT2D eigenvalue weighted by Crippen LogP contribution is 2.33. The van der Waals surface area contributed by atoms with Crippen LogP contribution in [0.25, 0.3) is 15.7 Å². The van der Waals surface area contributed by atoms with Crippen LogP contribution in [0.4, 0.5) is 11.4 Å². The summed E-state index contributed by atoms with van der Waals surface area (Å²) >= 11 is 0. The molecule has 3 rings (SSSR count). The largest absolute Gasteiger partial charge is 0.394 e. The molecule has 0 radical (unpaired) electrons. The fraction of sp³-hybridized carbons (Fsp3) is 0.375. The van der Waals surface area contributed by atoms with Crippen LogP contribution in [-0.2, 0) is 4.74 Å². The van der Waals surface area contributed by atoms with Crippen molar-refractivity contribution in [2.45, 2.75) is 19.1 Å². The molecule has 108 valence electrons. The second-order valence-corrected chi connectivity index (χ2v) is 5.27. The van der Waals surface area contributed by atoms with Gasteiger partial charge in [0.25, 0.3) is 0 Å². The molecule has 0 aliphatic carbocycles. The number of hydrogen-bond donors (Lipinski definition) is 1. The lowest BCUT2D eigenvalue weighted by Crippen LogP contribution is -2.48. The van der Waals surface area contributed by atoms with E-state index in [1.54, 1.807) is 6.20 Å². The molecule has 1 fully saturated rings. The van der Waals surface area contributed by atoms with E-state index in [1.165, 1.54) is 0 Å². The van der Waals surface area contributed by atoms with E-state index in [-0.39, 0.29) is 18.8 Å². The second-order valence-electron chi connectivity index (χ2n) is 5.27. The van der Waals surface area contributed by atoms with Gasteiger partial charge in [-0.3, -0.25) is 4.98 Å². The zero-order valence-electron chi connectivity index (χ0n) is 11.9. The van der Waals surface area contributed by atoms with Gasteiger partial charge in [-0.2, -0.15) is 0 Å². The summed E-state index contributed by atoms with van der Waals surface area (Å²) in [4.78, 5) is 10.1. The Morgan fingerprint density at radius 1 is 1.43 bits per heavy atom. The van der Waals surface area contributed by atoms with E-state index in [4.69, 9.17) is 11.3 Å². The summed E-state index contributed by atoms with van der Waals surface area (Å²) in [6.45, 7) is 10.7. The summed E-state index contributed by atoms with van der Waals surface area (Å²) in [6.07, 6.45) is 1.59. The summed E-state index contributed by atoms with van der Waals surface area (Å²) in [6, 6.07) is 7.64. The first-order valence-electron chi connectivity index (χ1n) is 6.99. The van der Waals surface area contributed by atoms with E-state index in [9.17, 15) is 5.11 Å². The third-order valence-corrected chi connectivity index (χ3v) is 3.72. The number of benzene rings is 1. The first-order valence-corrected chi connectivity index (χ1v) is 6.99. The minimum absolute atomic E-state index is 0.0111. The zero-order chi connectivity index (χ0) is 14.8. The third-order valence-electron chi connectivity index (χ3n) is 3.72. The number of aromatic nitrogens is 1. The minimum Gasteiger partial charge on any atom is -0.394 e. The van der Waals surface area contributed by atoms with Gasteiger partial charge in [-0.25, -0.2) is 4.85 Å². The van der Waals surface area contributed by atoms with Crippen LogP contribution in [0, 0.1) is 6.57 Å². The Hall–Kier alpha value is -2.16. The molecule has 2 heterocycles. The normalized spacial score (nSPS) is 22.2. The molecule has 1 saturated heterocycles. The highest BCUT2D eigenvalue weighted by Gasteiger charge is 2.26. The van der Waals surface area contributed by atoms with Crippen molar-refractivity contribution >= 4 is 22.3 Å². The van der Waals surface area contributed by atoms with Crippen molar-refractivity contribution in [2.75, 3.05) is 24.6 Å². The van der Waals surface area contributed by atoms with Crippen molar-refractivity contribution in [3.8, 4) is 0 Å². The Balaban J connectivity index is 2.07. The summed E-state index contributed by atoms with van der Waals surface area (Å²) in [5, 5.41) is 10.3. The van der Waals surface area contributed by atoms with Gasteiger partial charge in [0.1, 0.15) is 0 Å². The van der Waals surface area contributed by atoms with Crippen LogP contribution in [0.3, 0.4) is 0 Å². The Morgan fingerprint density at radius 3 is 3.05 bits per heavy atom. The predicted octanol–water partition coefficient (Wildman–Crippen LogP) is 2.37. The number of fused-ring (bicyclic) bond motifs is 1. The van der Waals surface area contributed by atoms with Gasteiger partial charge in [-0.15, -0.1) is 0 Å². The number of hydrogen-bond acceptors (Lipinski definition) is 4. The fourth-order valence-electron chi connectivity index (χ4n) is 2.85. The van der Waals surface area contributed by atoms with Crippen LogP contribution in [0.1, 0.15) is 6.92 Å². The SMILES string of the molecule is [C-]#[N+]c1ccc(N2C[C@H](CO)O[C@H](C)C2)c2cccnc12. The molecule has 21 heavy (non-hydrogen) atoms. The second kappa shape index (κ2) is 5.68. The maximum atomic E-state index is 9.37. The lowest BCUT2D eigenvalue weighted by molar-refractivity contribution is -0.0420. The van der Waals surface area contributed by atoms with Crippen LogP contribution < -0.4 is 4.90 Å². The molecular weight excluding hydrogens is 266 g/mol. The summed E-state index contributed by atoms with van der Waals surface area (Å²) < 4.78 is 5.69. The number of anilines is 1. The first-order chi connectivity index (χ1) is 10.2. The highest BCUT2D eigenvalue weighted by molar-refractivity contribution is 5.99. The molecule has 5 nitrogen and oxygen atoms in total. The van der Waals surface area contributed by atoms with Crippen LogP contribution in [0.5, 0.6) is 0 Å². The summed E-state index contributed by atoms with van der Waals surface area (Å²) in [5.41, 5.74) is 2.33. The molecule has 0 unspecified atom stereocenters. The molecule has 0 amide bonds. The lowest BCUT2D eigenvalue weighted by Gasteiger charge is -2.38. The van der Waals surface area contributed by atoms with E-state index < -0.39 is 0 Å². The van der Waals surface area contributed by atoms with Gasteiger partial charge in [0, 0.05) is 30.4 Å². The zero-order valence-corrected chi connectivity index (χ0v) is 11.9. The van der Waals surface area contributed by atoms with Gasteiger partial charge in [-0.05, 0) is 19.1 Å². The number of morpholine rings is 1. The van der Waals surface area contributed by atoms with Gasteiger partial charge in [0.05, 0.1) is 30.9 Å². The number of aliphatic hydroxyl groups excluding tert-OH is 1. The summed E-state index contributed by atoms with van der Waals surface area (Å²) in [7, 11) is 0. The van der Waals surface area contributed by atoms with E-state index in [1.807, 2.05) is 31.2 Å². The number of aliphatic hydroxyl groups is 1. The van der Waals surface area contributed by atoms with Crippen molar-refractivity contribution in [2.24, 2.45) is 0 Å². The topological polar surface area (TPSA) is 50.0 Å². The summed E-state index contributed by atoms with van der Waals surface area (Å²) in [5.74, 6) is 0. The van der Waals surface area contributed by atoms with Crippen molar-refractivity contribution in [3.05, 3.63) is 41.9 Å². The quantitative estimate of drug-likeness (QED) is 0.860. The van der Waals surface area contributed by atoms with Gasteiger partial charge in [0.2, 0.25) is 5.69 Å². The number of pyridine rings is 1. The monoisotopic (exact) mass is 283 g/mol. The molecule has 0 saturated carbocycles. The maximum Gasteiger partial charge on any atom is 0.213 e. The van der Waals surface area contributed by atoms with E-state index >= 15 is 0 Å². The smallest absolute Gasteiger partial charge is 0.213 e. The Morgan fingerprint density at radius 2 is 2.29 bits per heavy atom. The molecule has 1 aromatic carbocycles. The molecular formula is C16H17N3O2. The molecule has 2 atom stereocenters. The third kappa shape index (κ3) is 2.56. The van der Waals surface area contributed by atoms with Crippen molar-refractivity contribution in [3.63, 3.8) is 0 Å². The van der Waals surface area contributed by atoms with Crippen LogP contribution in [-0.4, -0.2) is 42.0 Å². The van der Waals surface area contributed by atoms with E-state index in [2.05, 4.69) is 14.7 Å². The van der Waals surface area contributed by atoms with Gasteiger partial charge in [-0.1, -0.05) is 12.1 Å². The highest BCUT2D eigenvalue weighted by atomic mass is 16.5. The van der Waals surface area contributed by atoms with Gasteiger partial charge < -0.3 is 14.7 Å². The van der Waals surface area contributed by atoms with E-state index in [0.29, 0.717) is 12.2 Å². The molecule has 1 aliphatic rings. The van der Waals surface area contributed by atoms with Crippen molar-refractivity contribution < 1.29 is 9.84 Å².